The average molecular weight is 244 g/mol. The Morgan fingerprint density at radius 3 is 2.68 bits per heavy atom. The Balaban J connectivity index is 2.36. The van der Waals surface area contributed by atoms with E-state index in [9.17, 15) is 0 Å². The predicted octanol–water partition coefficient (Wildman–Crippen LogP) is 4.24. The van der Waals surface area contributed by atoms with Gasteiger partial charge in [-0.05, 0) is 30.5 Å². The minimum absolute atomic E-state index is 1.04. The summed E-state index contributed by atoms with van der Waals surface area (Å²) in [7, 11) is 0. The number of hydrogen-bond donors (Lipinski definition) is 0. The van der Waals surface area contributed by atoms with E-state index in [4.69, 9.17) is 0 Å². The summed E-state index contributed by atoms with van der Waals surface area (Å²) < 4.78 is 0. The smallest absolute Gasteiger partial charge is 0.0708 e. The molecule has 0 saturated carbocycles. The Kier molecular flexibility index (Phi) is 2.06. The first-order valence-corrected chi connectivity index (χ1v) is 6.35. The number of hydrogen-bond acceptors (Lipinski definition) is 2. The van der Waals surface area contributed by atoms with Crippen LogP contribution in [0.25, 0.3) is 32.4 Å². The molecule has 0 saturated heterocycles. The number of benzene rings is 2. The van der Waals surface area contributed by atoms with Gasteiger partial charge in [-0.15, -0.1) is 0 Å². The van der Waals surface area contributed by atoms with Crippen molar-refractivity contribution in [3.63, 3.8) is 0 Å². The topological polar surface area (TPSA) is 25.8 Å². The normalized spacial score (nSPS) is 11.4. The van der Waals surface area contributed by atoms with Crippen molar-refractivity contribution in [1.29, 1.82) is 0 Å². The van der Waals surface area contributed by atoms with E-state index < -0.39 is 0 Å². The summed E-state index contributed by atoms with van der Waals surface area (Å²) >= 11 is 0. The highest BCUT2D eigenvalue weighted by Gasteiger charge is 2.06. The van der Waals surface area contributed by atoms with Crippen LogP contribution >= 0.6 is 0 Å². The summed E-state index contributed by atoms with van der Waals surface area (Å²) in [5, 5.41) is 6.08. The van der Waals surface area contributed by atoms with E-state index in [2.05, 4.69) is 53.3 Å². The van der Waals surface area contributed by atoms with Crippen molar-refractivity contribution in [2.75, 3.05) is 0 Å². The van der Waals surface area contributed by atoms with E-state index in [0.717, 1.165) is 5.52 Å². The van der Waals surface area contributed by atoms with Gasteiger partial charge in [0, 0.05) is 40.1 Å². The van der Waals surface area contributed by atoms with Gasteiger partial charge in [-0.2, -0.15) is 0 Å². The summed E-state index contributed by atoms with van der Waals surface area (Å²) in [6, 6.07) is 12.7. The Hall–Kier alpha value is -2.48. The van der Waals surface area contributed by atoms with Crippen LogP contribution in [-0.2, 0) is 0 Å². The molecule has 0 fully saturated rings. The third-order valence-electron chi connectivity index (χ3n) is 3.62. The van der Waals surface area contributed by atoms with Gasteiger partial charge in [-0.3, -0.25) is 9.97 Å². The zero-order chi connectivity index (χ0) is 12.8. The van der Waals surface area contributed by atoms with Crippen molar-refractivity contribution >= 4 is 32.4 Å². The molecule has 2 heteroatoms. The second kappa shape index (κ2) is 3.75. The van der Waals surface area contributed by atoms with Crippen LogP contribution in [0.3, 0.4) is 0 Å². The van der Waals surface area contributed by atoms with Crippen LogP contribution in [0, 0.1) is 6.92 Å². The van der Waals surface area contributed by atoms with Crippen molar-refractivity contribution in [2.24, 2.45) is 0 Å². The van der Waals surface area contributed by atoms with Crippen molar-refractivity contribution in [3.05, 3.63) is 60.6 Å². The third kappa shape index (κ3) is 1.50. The molecular weight excluding hydrogens is 232 g/mol. The second-order valence-electron chi connectivity index (χ2n) is 4.91. The maximum absolute atomic E-state index is 4.54. The maximum Gasteiger partial charge on any atom is 0.0708 e. The van der Waals surface area contributed by atoms with Gasteiger partial charge in [-0.25, -0.2) is 0 Å². The lowest BCUT2D eigenvalue weighted by molar-refractivity contribution is 1.37. The highest BCUT2D eigenvalue weighted by Crippen LogP contribution is 2.30. The van der Waals surface area contributed by atoms with Crippen LogP contribution in [0.15, 0.2) is 55.0 Å². The number of aromatic nitrogens is 2. The number of pyridine rings is 2. The molecule has 0 unspecified atom stereocenters. The quantitative estimate of drug-likeness (QED) is 0.432. The molecule has 19 heavy (non-hydrogen) atoms. The van der Waals surface area contributed by atoms with Gasteiger partial charge < -0.3 is 0 Å². The molecule has 0 aliphatic rings. The van der Waals surface area contributed by atoms with Crippen molar-refractivity contribution < 1.29 is 0 Å². The highest BCUT2D eigenvalue weighted by molar-refractivity contribution is 6.18. The first kappa shape index (κ1) is 10.4. The van der Waals surface area contributed by atoms with Crippen LogP contribution in [0.2, 0.25) is 0 Å². The predicted molar refractivity (Wildman–Crippen MR) is 79.3 cm³/mol. The van der Waals surface area contributed by atoms with Gasteiger partial charge in [0.05, 0.1) is 5.52 Å². The number of aryl methyl sites for hydroxylation is 1. The van der Waals surface area contributed by atoms with E-state index in [1.807, 2.05) is 18.6 Å². The molecule has 0 N–H and O–H groups in total. The molecule has 0 atom stereocenters. The van der Waals surface area contributed by atoms with Crippen LogP contribution in [0.5, 0.6) is 0 Å². The number of fused-ring (bicyclic) bond motifs is 5. The molecule has 90 valence electrons. The molecule has 2 nitrogen and oxygen atoms in total. The van der Waals surface area contributed by atoms with Crippen LogP contribution in [0.1, 0.15) is 5.56 Å². The fourth-order valence-electron chi connectivity index (χ4n) is 2.70. The maximum atomic E-state index is 4.54. The monoisotopic (exact) mass is 244 g/mol. The van der Waals surface area contributed by atoms with Crippen molar-refractivity contribution in [1.82, 2.24) is 9.97 Å². The van der Waals surface area contributed by atoms with E-state index in [-0.39, 0.29) is 0 Å². The fourth-order valence-corrected chi connectivity index (χ4v) is 2.70. The second-order valence-corrected chi connectivity index (χ2v) is 4.91. The van der Waals surface area contributed by atoms with Gasteiger partial charge in [0.15, 0.2) is 0 Å². The molecular formula is C17H12N2. The number of nitrogens with zero attached hydrogens (tertiary/aromatic N) is 2. The van der Waals surface area contributed by atoms with Gasteiger partial charge in [0.2, 0.25) is 0 Å². The lowest BCUT2D eigenvalue weighted by Gasteiger charge is -2.07. The average Bonchev–Trinajstić information content (AvgIpc) is 2.46. The first-order chi connectivity index (χ1) is 9.33. The van der Waals surface area contributed by atoms with E-state index in [1.165, 1.54) is 32.5 Å². The zero-order valence-corrected chi connectivity index (χ0v) is 10.6. The standard InChI is InChI=1S/C17H12N2/c1-11-2-5-16-15(8-11)17-13(10-19-16)4-3-12-9-18-7-6-14(12)17/h2-10H,1H3. The van der Waals surface area contributed by atoms with Gasteiger partial charge in [0.1, 0.15) is 0 Å². The Morgan fingerprint density at radius 1 is 0.842 bits per heavy atom. The highest BCUT2D eigenvalue weighted by atomic mass is 14.7. The SMILES string of the molecule is Cc1ccc2ncc3ccc4cnccc4c3c2c1. The number of rotatable bonds is 0. The summed E-state index contributed by atoms with van der Waals surface area (Å²) in [6.07, 6.45) is 5.72. The summed E-state index contributed by atoms with van der Waals surface area (Å²) in [5.74, 6) is 0. The Morgan fingerprint density at radius 2 is 1.74 bits per heavy atom. The lowest BCUT2D eigenvalue weighted by atomic mass is 10.00. The third-order valence-corrected chi connectivity index (χ3v) is 3.62. The molecule has 0 aliphatic heterocycles. The Labute approximate surface area is 110 Å². The van der Waals surface area contributed by atoms with E-state index in [0.29, 0.717) is 0 Å². The minimum atomic E-state index is 1.04. The summed E-state index contributed by atoms with van der Waals surface area (Å²) in [5.41, 5.74) is 2.30. The molecule has 0 amide bonds. The van der Waals surface area contributed by atoms with E-state index in [1.54, 1.807) is 0 Å². The summed E-state index contributed by atoms with van der Waals surface area (Å²) in [4.78, 5) is 8.74. The van der Waals surface area contributed by atoms with Crippen molar-refractivity contribution in [2.45, 2.75) is 6.92 Å². The molecule has 2 heterocycles. The van der Waals surface area contributed by atoms with Crippen LogP contribution in [-0.4, -0.2) is 9.97 Å². The molecule has 0 bridgehead atoms. The molecule has 0 spiro atoms. The van der Waals surface area contributed by atoms with Crippen LogP contribution < -0.4 is 0 Å². The Bertz CT molecular complexity index is 921. The summed E-state index contributed by atoms with van der Waals surface area (Å²) in [6.45, 7) is 2.12. The van der Waals surface area contributed by atoms with Gasteiger partial charge in [0.25, 0.3) is 0 Å². The molecule has 2 aromatic carbocycles. The molecule has 4 aromatic rings. The van der Waals surface area contributed by atoms with Crippen molar-refractivity contribution in [3.8, 4) is 0 Å². The van der Waals surface area contributed by atoms with Gasteiger partial charge >= 0.3 is 0 Å². The first-order valence-electron chi connectivity index (χ1n) is 6.35. The largest absolute Gasteiger partial charge is 0.264 e. The zero-order valence-electron chi connectivity index (χ0n) is 10.6. The minimum Gasteiger partial charge on any atom is -0.264 e. The fraction of sp³-hybridized carbons (Fsp3) is 0.0588. The molecule has 0 aliphatic carbocycles. The lowest BCUT2D eigenvalue weighted by Crippen LogP contribution is -1.85. The van der Waals surface area contributed by atoms with Crippen LogP contribution in [0.4, 0.5) is 0 Å². The molecule has 0 radical (unpaired) electrons. The van der Waals surface area contributed by atoms with Gasteiger partial charge in [-0.1, -0.05) is 23.8 Å². The molecule has 4 rings (SSSR count). The van der Waals surface area contributed by atoms with E-state index >= 15 is 0 Å². The molecule has 2 aromatic heterocycles.